The molecule has 1 rings (SSSR count). The second-order valence-corrected chi connectivity index (χ2v) is 6.60. The zero-order valence-electron chi connectivity index (χ0n) is 13.3. The van der Waals surface area contributed by atoms with Crippen LogP contribution in [-0.2, 0) is 11.2 Å². The molecule has 0 bridgehead atoms. The average molecular weight is 263 g/mol. The molecule has 0 aliphatic rings. The van der Waals surface area contributed by atoms with Gasteiger partial charge in [-0.25, -0.2) is 0 Å². The first-order valence-corrected chi connectivity index (χ1v) is 7.22. The number of hydrogen-bond donors (Lipinski definition) is 1. The van der Waals surface area contributed by atoms with Crippen LogP contribution in [0.5, 0.6) is 0 Å². The van der Waals surface area contributed by atoms with Gasteiger partial charge in [0.15, 0.2) is 0 Å². The number of rotatable bonds is 6. The van der Waals surface area contributed by atoms with Crippen LogP contribution in [0.25, 0.3) is 0 Å². The maximum absolute atomic E-state index is 5.87. The Hall–Kier alpha value is -0.860. The molecule has 0 heterocycles. The number of ether oxygens (including phenoxy) is 1. The molecule has 19 heavy (non-hydrogen) atoms. The highest BCUT2D eigenvalue weighted by Crippen LogP contribution is 2.18. The normalized spacial score (nSPS) is 13.8. The monoisotopic (exact) mass is 263 g/mol. The van der Waals surface area contributed by atoms with Crippen molar-refractivity contribution >= 4 is 0 Å². The number of benzene rings is 1. The smallest absolute Gasteiger partial charge is 0.0668 e. The fourth-order valence-corrected chi connectivity index (χ4v) is 2.04. The van der Waals surface area contributed by atoms with Gasteiger partial charge in [0.2, 0.25) is 0 Å². The predicted molar refractivity (Wildman–Crippen MR) is 82.5 cm³/mol. The molecular weight excluding hydrogens is 234 g/mol. The molecule has 2 heteroatoms. The van der Waals surface area contributed by atoms with Crippen molar-refractivity contribution < 1.29 is 4.74 Å². The lowest BCUT2D eigenvalue weighted by atomic mass is 9.99. The van der Waals surface area contributed by atoms with Crippen LogP contribution in [0.2, 0.25) is 0 Å². The first kappa shape index (κ1) is 16.2. The summed E-state index contributed by atoms with van der Waals surface area (Å²) in [5, 5.41) is 3.33. The molecule has 0 aliphatic heterocycles. The fraction of sp³-hybridized carbons (Fsp3) is 0.647. The van der Waals surface area contributed by atoms with Gasteiger partial charge in [-0.3, -0.25) is 0 Å². The summed E-state index contributed by atoms with van der Waals surface area (Å²) in [6, 6.07) is 9.15. The summed E-state index contributed by atoms with van der Waals surface area (Å²) >= 11 is 0. The van der Waals surface area contributed by atoms with Crippen molar-refractivity contribution in [3.63, 3.8) is 0 Å². The number of likely N-dealkylation sites (N-methyl/N-ethyl adjacent to an activating group) is 1. The van der Waals surface area contributed by atoms with E-state index in [0.717, 1.165) is 6.42 Å². The maximum Gasteiger partial charge on any atom is 0.0668 e. The Morgan fingerprint density at radius 3 is 2.11 bits per heavy atom. The van der Waals surface area contributed by atoms with Gasteiger partial charge < -0.3 is 10.1 Å². The van der Waals surface area contributed by atoms with Gasteiger partial charge in [0.25, 0.3) is 0 Å². The minimum absolute atomic E-state index is 0.0906. The van der Waals surface area contributed by atoms with Crippen LogP contribution in [0.1, 0.15) is 51.8 Å². The molecule has 0 fully saturated rings. The van der Waals surface area contributed by atoms with Crippen LogP contribution >= 0.6 is 0 Å². The zero-order valence-corrected chi connectivity index (χ0v) is 13.3. The van der Waals surface area contributed by atoms with E-state index in [1.165, 1.54) is 11.1 Å². The summed E-state index contributed by atoms with van der Waals surface area (Å²) in [4.78, 5) is 0. The maximum atomic E-state index is 5.87. The van der Waals surface area contributed by atoms with Crippen LogP contribution in [-0.4, -0.2) is 19.3 Å². The van der Waals surface area contributed by atoms with Crippen LogP contribution in [0.3, 0.4) is 0 Å². The summed E-state index contributed by atoms with van der Waals surface area (Å²) in [6.07, 6.45) is 1.14. The molecule has 0 spiro atoms. The van der Waals surface area contributed by atoms with Crippen molar-refractivity contribution in [1.29, 1.82) is 0 Å². The van der Waals surface area contributed by atoms with Gasteiger partial charge in [0.05, 0.1) is 18.2 Å². The van der Waals surface area contributed by atoms with Gasteiger partial charge in [-0.2, -0.15) is 0 Å². The van der Waals surface area contributed by atoms with Gasteiger partial charge in [0, 0.05) is 0 Å². The van der Waals surface area contributed by atoms with Gasteiger partial charge in [0.1, 0.15) is 0 Å². The first-order valence-electron chi connectivity index (χ1n) is 7.22. The highest BCUT2D eigenvalue weighted by molar-refractivity contribution is 5.25. The predicted octanol–water partition coefficient (Wildman–Crippen LogP) is 3.96. The van der Waals surface area contributed by atoms with Crippen molar-refractivity contribution in [2.45, 2.75) is 52.7 Å². The van der Waals surface area contributed by atoms with Crippen molar-refractivity contribution in [3.8, 4) is 0 Å². The quantitative estimate of drug-likeness (QED) is 0.839. The molecule has 1 unspecified atom stereocenters. The molecule has 0 radical (unpaired) electrons. The van der Waals surface area contributed by atoms with Crippen molar-refractivity contribution in [2.75, 3.05) is 13.7 Å². The minimum atomic E-state index is -0.0906. The van der Waals surface area contributed by atoms with Crippen LogP contribution in [0.15, 0.2) is 24.3 Å². The average Bonchev–Trinajstić information content (AvgIpc) is 2.29. The highest BCUT2D eigenvalue weighted by atomic mass is 16.5. The molecule has 1 aromatic rings. The Labute approximate surface area is 118 Å². The van der Waals surface area contributed by atoms with Gasteiger partial charge >= 0.3 is 0 Å². The van der Waals surface area contributed by atoms with E-state index in [-0.39, 0.29) is 11.6 Å². The molecule has 0 amide bonds. The van der Waals surface area contributed by atoms with Gasteiger partial charge in [-0.15, -0.1) is 0 Å². The standard InChI is InChI=1S/C17H29NO/c1-13(2)11-14-7-9-15(10-8-14)16(18-6)12-19-17(3,4)5/h7-10,13,16,18H,11-12H2,1-6H3. The SMILES string of the molecule is CNC(COC(C)(C)C)c1ccc(CC(C)C)cc1. The molecule has 0 aliphatic carbocycles. The Balaban J connectivity index is 2.66. The molecule has 0 saturated heterocycles. The Morgan fingerprint density at radius 2 is 1.68 bits per heavy atom. The molecule has 0 saturated carbocycles. The van der Waals surface area contributed by atoms with Gasteiger partial charge in [-0.1, -0.05) is 38.1 Å². The molecule has 1 N–H and O–H groups in total. The van der Waals surface area contributed by atoms with Crippen molar-refractivity contribution in [1.82, 2.24) is 5.32 Å². The van der Waals surface area contributed by atoms with E-state index in [0.29, 0.717) is 12.5 Å². The van der Waals surface area contributed by atoms with Crippen LogP contribution < -0.4 is 5.32 Å². The molecule has 1 atom stereocenters. The van der Waals surface area contributed by atoms with E-state index in [2.05, 4.69) is 64.2 Å². The largest absolute Gasteiger partial charge is 0.374 e. The fourth-order valence-electron chi connectivity index (χ4n) is 2.04. The third-order valence-corrected chi connectivity index (χ3v) is 3.06. The van der Waals surface area contributed by atoms with Crippen molar-refractivity contribution in [2.24, 2.45) is 5.92 Å². The number of hydrogen-bond acceptors (Lipinski definition) is 2. The molecule has 0 aromatic heterocycles. The van der Waals surface area contributed by atoms with E-state index in [1.54, 1.807) is 0 Å². The Morgan fingerprint density at radius 1 is 1.11 bits per heavy atom. The third kappa shape index (κ3) is 6.22. The van der Waals surface area contributed by atoms with Crippen molar-refractivity contribution in [3.05, 3.63) is 35.4 Å². The summed E-state index contributed by atoms with van der Waals surface area (Å²) in [5.41, 5.74) is 2.61. The first-order chi connectivity index (χ1) is 8.81. The van der Waals surface area contributed by atoms with E-state index >= 15 is 0 Å². The summed E-state index contributed by atoms with van der Waals surface area (Å²) in [5.74, 6) is 0.704. The summed E-state index contributed by atoms with van der Waals surface area (Å²) < 4.78 is 5.87. The summed E-state index contributed by atoms with van der Waals surface area (Å²) in [6.45, 7) is 11.5. The molecule has 2 nitrogen and oxygen atoms in total. The second kappa shape index (κ2) is 7.06. The zero-order chi connectivity index (χ0) is 14.5. The van der Waals surface area contributed by atoms with E-state index in [1.807, 2.05) is 7.05 Å². The third-order valence-electron chi connectivity index (χ3n) is 3.06. The highest BCUT2D eigenvalue weighted by Gasteiger charge is 2.15. The lowest BCUT2D eigenvalue weighted by molar-refractivity contribution is -0.0139. The number of nitrogens with one attached hydrogen (secondary N) is 1. The minimum Gasteiger partial charge on any atom is -0.374 e. The topological polar surface area (TPSA) is 21.3 Å². The van der Waals surface area contributed by atoms with E-state index in [4.69, 9.17) is 4.74 Å². The molecule has 108 valence electrons. The van der Waals surface area contributed by atoms with E-state index < -0.39 is 0 Å². The molecule has 1 aromatic carbocycles. The molecular formula is C17H29NO. The summed E-state index contributed by atoms with van der Waals surface area (Å²) in [7, 11) is 1.98. The van der Waals surface area contributed by atoms with Crippen LogP contribution in [0.4, 0.5) is 0 Å². The Bertz CT molecular complexity index is 362. The van der Waals surface area contributed by atoms with Gasteiger partial charge in [-0.05, 0) is 51.3 Å². The van der Waals surface area contributed by atoms with Crippen LogP contribution in [0, 0.1) is 5.92 Å². The second-order valence-electron chi connectivity index (χ2n) is 6.60. The Kier molecular flexibility index (Phi) is 6.02. The lowest BCUT2D eigenvalue weighted by Gasteiger charge is -2.24. The lowest BCUT2D eigenvalue weighted by Crippen LogP contribution is -2.28. The van der Waals surface area contributed by atoms with E-state index in [9.17, 15) is 0 Å².